The quantitative estimate of drug-likeness (QED) is 0.505. The largest absolute Gasteiger partial charge is 0.378 e. The van der Waals surface area contributed by atoms with E-state index in [0.29, 0.717) is 63.4 Å². The highest BCUT2D eigenvalue weighted by atomic mass is 16.5. The summed E-state index contributed by atoms with van der Waals surface area (Å²) in [7, 11) is 0. The molecule has 0 aromatic heterocycles. The number of nitrogens with one attached hydrogen (secondary N) is 2. The minimum Gasteiger partial charge on any atom is -0.378 e. The van der Waals surface area contributed by atoms with Gasteiger partial charge in [-0.05, 0) is 56.9 Å². The van der Waals surface area contributed by atoms with E-state index in [4.69, 9.17) is 4.74 Å². The van der Waals surface area contributed by atoms with Gasteiger partial charge in [-0.25, -0.2) is 4.79 Å². The number of carbonyl (C=O) groups excluding carboxylic acids is 2. The molecule has 3 amide bonds. The Hall–Kier alpha value is -1.85. The third-order valence-electron chi connectivity index (χ3n) is 9.34. The van der Waals surface area contributed by atoms with Crippen LogP contribution in [0.5, 0.6) is 0 Å². The van der Waals surface area contributed by atoms with Crippen LogP contribution in [0.15, 0.2) is 0 Å². The molecule has 4 aliphatic rings. The van der Waals surface area contributed by atoms with Crippen molar-refractivity contribution in [3.8, 4) is 6.07 Å². The molecule has 2 N–H and O–H groups in total. The third-order valence-corrected chi connectivity index (χ3v) is 9.34. The van der Waals surface area contributed by atoms with E-state index in [1.54, 1.807) is 4.90 Å². The molecule has 0 aromatic rings. The number of ether oxygens (including phenoxy) is 1. The van der Waals surface area contributed by atoms with Crippen LogP contribution in [0.3, 0.4) is 0 Å². The number of hydrogen-bond acceptors (Lipinski definition) is 5. The van der Waals surface area contributed by atoms with E-state index in [1.165, 1.54) is 51.4 Å². The predicted molar refractivity (Wildman–Crippen MR) is 144 cm³/mol. The van der Waals surface area contributed by atoms with E-state index < -0.39 is 11.6 Å². The van der Waals surface area contributed by atoms with E-state index >= 15 is 0 Å². The average Bonchev–Trinajstić information content (AvgIpc) is 2.95. The van der Waals surface area contributed by atoms with Crippen LogP contribution >= 0.6 is 0 Å². The monoisotopic (exact) mass is 515 g/mol. The van der Waals surface area contributed by atoms with Gasteiger partial charge in [-0.1, -0.05) is 58.3 Å². The number of nitrogens with zero attached hydrogens (tertiary/aromatic N) is 3. The van der Waals surface area contributed by atoms with Crippen molar-refractivity contribution in [1.29, 1.82) is 5.26 Å². The number of urea groups is 1. The first-order valence-corrected chi connectivity index (χ1v) is 15.1. The number of hydrogen-bond donors (Lipinski definition) is 2. The molecule has 2 saturated carbocycles. The SMILES string of the molecule is CCCN1CCC(C#N)(NC(=O)C(CC2CCCCC2)NC(=O)N2CCOCC2)CC1C1CCCCC1. The first-order valence-electron chi connectivity index (χ1n) is 15.1. The summed E-state index contributed by atoms with van der Waals surface area (Å²) < 4.78 is 5.40. The fourth-order valence-corrected chi connectivity index (χ4v) is 7.20. The van der Waals surface area contributed by atoms with Gasteiger partial charge >= 0.3 is 6.03 Å². The highest BCUT2D eigenvalue weighted by Crippen LogP contribution is 2.37. The Morgan fingerprint density at radius 1 is 1.03 bits per heavy atom. The Morgan fingerprint density at radius 3 is 2.35 bits per heavy atom. The number of amides is 3. The number of morpholine rings is 1. The molecule has 2 heterocycles. The normalized spacial score (nSPS) is 29.3. The van der Waals surface area contributed by atoms with Gasteiger partial charge in [0, 0.05) is 25.7 Å². The molecule has 0 aromatic carbocycles. The molecule has 0 spiro atoms. The van der Waals surface area contributed by atoms with Gasteiger partial charge in [-0.2, -0.15) is 5.26 Å². The summed E-state index contributed by atoms with van der Waals surface area (Å²) in [5.41, 5.74) is -0.863. The molecule has 37 heavy (non-hydrogen) atoms. The molecule has 0 radical (unpaired) electrons. The lowest BCUT2D eigenvalue weighted by Gasteiger charge is -2.48. The summed E-state index contributed by atoms with van der Waals surface area (Å²) in [5, 5.41) is 16.7. The maximum absolute atomic E-state index is 13.8. The molecule has 3 unspecified atom stereocenters. The molecule has 2 saturated heterocycles. The molecule has 208 valence electrons. The van der Waals surface area contributed by atoms with Gasteiger partial charge in [0.05, 0.1) is 19.3 Å². The predicted octanol–water partition coefficient (Wildman–Crippen LogP) is 4.20. The standard InChI is InChI=1S/C29H49N5O3/c1-2-14-33-15-13-29(22-30,21-26(33)24-11-7-4-8-12-24)32-27(35)25(20-23-9-5-3-6-10-23)31-28(36)34-16-18-37-19-17-34/h23-26H,2-21H2,1H3,(H,31,36)(H,32,35). The van der Waals surface area contributed by atoms with E-state index in [2.05, 4.69) is 28.5 Å². The molecule has 0 bridgehead atoms. The van der Waals surface area contributed by atoms with Crippen LogP contribution in [0.25, 0.3) is 0 Å². The lowest BCUT2D eigenvalue weighted by atomic mass is 9.74. The summed E-state index contributed by atoms with van der Waals surface area (Å²) >= 11 is 0. The van der Waals surface area contributed by atoms with E-state index in [0.717, 1.165) is 32.4 Å². The van der Waals surface area contributed by atoms with Crippen LogP contribution in [0, 0.1) is 23.2 Å². The zero-order valence-electron chi connectivity index (χ0n) is 23.0. The summed E-state index contributed by atoms with van der Waals surface area (Å²) in [6.07, 6.45) is 15.2. The number of piperidine rings is 1. The second-order valence-electron chi connectivity index (χ2n) is 12.0. The van der Waals surface area contributed by atoms with Crippen molar-refractivity contribution < 1.29 is 14.3 Å². The molecule has 4 rings (SSSR count). The molecular formula is C29H49N5O3. The number of nitriles is 1. The fraction of sp³-hybridized carbons (Fsp3) is 0.897. The summed E-state index contributed by atoms with van der Waals surface area (Å²) in [6, 6.07) is 2.10. The highest BCUT2D eigenvalue weighted by molar-refractivity contribution is 5.87. The molecule has 2 aliphatic heterocycles. The van der Waals surface area contributed by atoms with Gasteiger partial charge in [-0.15, -0.1) is 0 Å². The van der Waals surface area contributed by atoms with Crippen LogP contribution < -0.4 is 10.6 Å². The Balaban J connectivity index is 1.46. The topological polar surface area (TPSA) is 97.7 Å². The smallest absolute Gasteiger partial charge is 0.318 e. The summed E-state index contributed by atoms with van der Waals surface area (Å²) in [5.74, 6) is 0.860. The summed E-state index contributed by atoms with van der Waals surface area (Å²) in [6.45, 7) is 6.26. The van der Waals surface area contributed by atoms with E-state index in [-0.39, 0.29) is 11.9 Å². The second-order valence-corrected chi connectivity index (χ2v) is 12.0. The van der Waals surface area contributed by atoms with Crippen LogP contribution in [-0.4, -0.2) is 78.8 Å². The van der Waals surface area contributed by atoms with Gasteiger partial charge in [0.1, 0.15) is 11.6 Å². The number of rotatable bonds is 8. The van der Waals surface area contributed by atoms with Crippen LogP contribution in [0.2, 0.25) is 0 Å². The summed E-state index contributed by atoms with van der Waals surface area (Å²) in [4.78, 5) is 31.2. The Bertz CT molecular complexity index is 778. The Morgan fingerprint density at radius 2 is 1.70 bits per heavy atom. The maximum Gasteiger partial charge on any atom is 0.318 e. The highest BCUT2D eigenvalue weighted by Gasteiger charge is 2.45. The number of likely N-dealkylation sites (tertiary alicyclic amines) is 1. The van der Waals surface area contributed by atoms with Crippen molar-refractivity contribution in [2.24, 2.45) is 11.8 Å². The lowest BCUT2D eigenvalue weighted by molar-refractivity contribution is -0.125. The number of carbonyl (C=O) groups is 2. The average molecular weight is 516 g/mol. The minimum atomic E-state index is -0.863. The van der Waals surface area contributed by atoms with Crippen LogP contribution in [-0.2, 0) is 9.53 Å². The van der Waals surface area contributed by atoms with Gasteiger partial charge in [0.25, 0.3) is 0 Å². The van der Waals surface area contributed by atoms with Crippen molar-refractivity contribution in [3.05, 3.63) is 0 Å². The maximum atomic E-state index is 13.8. The first kappa shape index (κ1) is 28.2. The zero-order valence-corrected chi connectivity index (χ0v) is 23.0. The second kappa shape index (κ2) is 13.8. The Labute approximate surface area is 223 Å². The molecule has 8 nitrogen and oxygen atoms in total. The Kier molecular flexibility index (Phi) is 10.5. The lowest BCUT2D eigenvalue weighted by Crippen LogP contribution is -2.63. The molecule has 8 heteroatoms. The van der Waals surface area contributed by atoms with Crippen molar-refractivity contribution >= 4 is 11.9 Å². The van der Waals surface area contributed by atoms with Gasteiger partial charge in [0.2, 0.25) is 5.91 Å². The van der Waals surface area contributed by atoms with Crippen molar-refractivity contribution in [3.63, 3.8) is 0 Å². The van der Waals surface area contributed by atoms with Gasteiger partial charge in [-0.3, -0.25) is 9.69 Å². The van der Waals surface area contributed by atoms with Crippen LogP contribution in [0.1, 0.15) is 96.8 Å². The van der Waals surface area contributed by atoms with Crippen molar-refractivity contribution in [2.75, 3.05) is 39.4 Å². The third kappa shape index (κ3) is 7.60. The van der Waals surface area contributed by atoms with Gasteiger partial charge in [0.15, 0.2) is 0 Å². The molecule has 2 aliphatic carbocycles. The fourth-order valence-electron chi connectivity index (χ4n) is 7.20. The van der Waals surface area contributed by atoms with Gasteiger partial charge < -0.3 is 20.3 Å². The zero-order chi connectivity index (χ0) is 26.1. The molecule has 4 fully saturated rings. The minimum absolute atomic E-state index is 0.180. The van der Waals surface area contributed by atoms with E-state index in [9.17, 15) is 14.9 Å². The van der Waals surface area contributed by atoms with Crippen molar-refractivity contribution in [1.82, 2.24) is 20.4 Å². The first-order chi connectivity index (χ1) is 18.0. The van der Waals surface area contributed by atoms with Crippen molar-refractivity contribution in [2.45, 2.75) is 114 Å². The van der Waals surface area contributed by atoms with Crippen LogP contribution in [0.4, 0.5) is 4.79 Å². The molecule has 3 atom stereocenters. The molecular weight excluding hydrogens is 466 g/mol. The van der Waals surface area contributed by atoms with E-state index in [1.807, 2.05) is 0 Å².